The Labute approximate surface area is 207 Å². The van der Waals surface area contributed by atoms with Crippen molar-refractivity contribution >= 4 is 35.1 Å². The summed E-state index contributed by atoms with van der Waals surface area (Å²) in [7, 11) is 1.48. The fraction of sp³-hybridized carbons (Fsp3) is 0.360. The molecule has 2 aliphatic heterocycles. The maximum atomic E-state index is 13.3. The second-order valence-corrected chi connectivity index (χ2v) is 8.66. The van der Waals surface area contributed by atoms with Gasteiger partial charge >= 0.3 is 6.09 Å². The number of aliphatic hydroxyl groups is 1. The number of hydrogen-bond acceptors (Lipinski definition) is 7. The molecule has 9 nitrogen and oxygen atoms in total. The van der Waals surface area contributed by atoms with E-state index < -0.39 is 23.8 Å². The molecule has 0 bridgehead atoms. The van der Waals surface area contributed by atoms with Crippen molar-refractivity contribution in [1.29, 1.82) is 0 Å². The van der Waals surface area contributed by atoms with Crippen molar-refractivity contribution < 1.29 is 29.0 Å². The third kappa shape index (κ3) is 4.68. The molecule has 3 heterocycles. The Morgan fingerprint density at radius 1 is 1.23 bits per heavy atom. The standard InChI is InChI=1S/C25H26ClN3O6/c1-3-35-25(33)28-11-8-16(9-12-28)29-21(15-5-4-10-27-14-15)20(23(31)24(29)32)22(30)18-13-17(34-2)6-7-19(18)26/h4-7,10,13-14,16,21,30H,3,8-9,11-12H2,1-2H3/b22-20+. The molecule has 0 saturated carbocycles. The molecule has 0 spiro atoms. The molecule has 1 N–H and O–H groups in total. The van der Waals surface area contributed by atoms with E-state index >= 15 is 0 Å². The highest BCUT2D eigenvalue weighted by molar-refractivity contribution is 6.47. The summed E-state index contributed by atoms with van der Waals surface area (Å²) < 4.78 is 10.3. The number of nitrogens with zero attached hydrogens (tertiary/aromatic N) is 3. The highest BCUT2D eigenvalue weighted by atomic mass is 35.5. The molecule has 2 aromatic rings. The number of rotatable bonds is 5. The van der Waals surface area contributed by atoms with Gasteiger partial charge in [0.05, 0.1) is 30.4 Å². The molecular formula is C25H26ClN3O6. The first-order chi connectivity index (χ1) is 16.9. The van der Waals surface area contributed by atoms with Crippen molar-refractivity contribution in [3.63, 3.8) is 0 Å². The lowest BCUT2D eigenvalue weighted by molar-refractivity contribution is -0.142. The number of ketones is 1. The number of pyridine rings is 1. The number of methoxy groups -OCH3 is 1. The van der Waals surface area contributed by atoms with Gasteiger partial charge in [-0.3, -0.25) is 14.6 Å². The Balaban J connectivity index is 1.75. The van der Waals surface area contributed by atoms with Crippen molar-refractivity contribution in [3.05, 3.63) is 64.4 Å². The smallest absolute Gasteiger partial charge is 0.409 e. The number of carbonyl (C=O) groups excluding carboxylic acids is 3. The van der Waals surface area contributed by atoms with E-state index in [2.05, 4.69) is 4.98 Å². The number of halogens is 1. The number of ether oxygens (including phenoxy) is 2. The maximum absolute atomic E-state index is 13.3. The van der Waals surface area contributed by atoms with Crippen molar-refractivity contribution in [2.24, 2.45) is 0 Å². The lowest BCUT2D eigenvalue weighted by atomic mass is 9.94. The minimum Gasteiger partial charge on any atom is -0.507 e. The van der Waals surface area contributed by atoms with Crippen LogP contribution in [0.4, 0.5) is 4.79 Å². The predicted octanol–water partition coefficient (Wildman–Crippen LogP) is 3.79. The molecule has 2 amide bonds. The average molecular weight is 500 g/mol. The normalized spacial score (nSPS) is 20.3. The van der Waals surface area contributed by atoms with E-state index in [1.165, 1.54) is 18.1 Å². The molecule has 35 heavy (non-hydrogen) atoms. The minimum absolute atomic E-state index is 0.0639. The summed E-state index contributed by atoms with van der Waals surface area (Å²) in [4.78, 5) is 46.0. The van der Waals surface area contributed by atoms with E-state index in [1.807, 2.05) is 0 Å². The Bertz CT molecular complexity index is 1160. The lowest BCUT2D eigenvalue weighted by Gasteiger charge is -2.38. The molecule has 0 aliphatic carbocycles. The van der Waals surface area contributed by atoms with Crippen molar-refractivity contribution in [2.75, 3.05) is 26.8 Å². The Morgan fingerprint density at radius 3 is 2.60 bits per heavy atom. The molecular weight excluding hydrogens is 474 g/mol. The van der Waals surface area contributed by atoms with E-state index in [4.69, 9.17) is 21.1 Å². The number of likely N-dealkylation sites (tertiary alicyclic amines) is 2. The zero-order valence-corrected chi connectivity index (χ0v) is 20.2. The third-order valence-corrected chi connectivity index (χ3v) is 6.62. The van der Waals surface area contributed by atoms with Crippen LogP contribution >= 0.6 is 11.6 Å². The SMILES string of the molecule is CCOC(=O)N1CCC(N2C(=O)C(=O)/C(=C(/O)c3cc(OC)ccc3Cl)C2c2cccnc2)CC1. The summed E-state index contributed by atoms with van der Waals surface area (Å²) >= 11 is 6.34. The summed E-state index contributed by atoms with van der Waals surface area (Å²) in [5.41, 5.74) is 0.709. The van der Waals surface area contributed by atoms with Crippen molar-refractivity contribution in [1.82, 2.24) is 14.8 Å². The van der Waals surface area contributed by atoms with E-state index in [0.717, 1.165) is 0 Å². The first kappa shape index (κ1) is 24.5. The van der Waals surface area contributed by atoms with Gasteiger partial charge in [0, 0.05) is 37.1 Å². The molecule has 4 rings (SSSR count). The van der Waals surface area contributed by atoms with Gasteiger partial charge in [-0.05, 0) is 49.6 Å². The number of piperidine rings is 1. The number of Topliss-reactive ketones (excluding diaryl/α,β-unsaturated/α-hetero) is 1. The van der Waals surface area contributed by atoms with Gasteiger partial charge in [0.2, 0.25) is 0 Å². The van der Waals surface area contributed by atoms with Gasteiger partial charge in [0.25, 0.3) is 11.7 Å². The zero-order valence-electron chi connectivity index (χ0n) is 19.4. The molecule has 2 saturated heterocycles. The number of benzene rings is 1. The highest BCUT2D eigenvalue weighted by Gasteiger charge is 2.49. The van der Waals surface area contributed by atoms with Crippen LogP contribution < -0.4 is 4.74 Å². The predicted molar refractivity (Wildman–Crippen MR) is 128 cm³/mol. The fourth-order valence-corrected chi connectivity index (χ4v) is 4.80. The molecule has 184 valence electrons. The molecule has 1 atom stereocenters. The molecule has 10 heteroatoms. The van der Waals surface area contributed by atoms with Crippen molar-refractivity contribution in [2.45, 2.75) is 31.8 Å². The van der Waals surface area contributed by atoms with Crippen LogP contribution in [-0.4, -0.2) is 70.5 Å². The van der Waals surface area contributed by atoms with Crippen LogP contribution in [0.5, 0.6) is 5.75 Å². The van der Waals surface area contributed by atoms with Crippen LogP contribution in [0.2, 0.25) is 5.02 Å². The highest BCUT2D eigenvalue weighted by Crippen LogP contribution is 2.43. The second kappa shape index (κ2) is 10.4. The molecule has 0 radical (unpaired) electrons. The van der Waals surface area contributed by atoms with Gasteiger partial charge in [-0.2, -0.15) is 0 Å². The molecule has 1 unspecified atom stereocenters. The van der Waals surface area contributed by atoms with Gasteiger partial charge in [0.15, 0.2) is 0 Å². The summed E-state index contributed by atoms with van der Waals surface area (Å²) in [5, 5.41) is 11.5. The number of aromatic nitrogens is 1. The van der Waals surface area contributed by atoms with E-state index in [0.29, 0.717) is 37.2 Å². The van der Waals surface area contributed by atoms with Gasteiger partial charge in [-0.25, -0.2) is 4.79 Å². The van der Waals surface area contributed by atoms with Crippen LogP contribution in [0.15, 0.2) is 48.3 Å². The van der Waals surface area contributed by atoms with Crippen LogP contribution in [-0.2, 0) is 14.3 Å². The van der Waals surface area contributed by atoms with Gasteiger partial charge in [0.1, 0.15) is 11.5 Å². The third-order valence-electron chi connectivity index (χ3n) is 6.29. The topological polar surface area (TPSA) is 109 Å². The summed E-state index contributed by atoms with van der Waals surface area (Å²) in [6.45, 7) is 2.79. The molecule has 1 aromatic carbocycles. The maximum Gasteiger partial charge on any atom is 0.409 e. The van der Waals surface area contributed by atoms with Gasteiger partial charge in [-0.1, -0.05) is 17.7 Å². The number of hydrogen-bond donors (Lipinski definition) is 1. The zero-order chi connectivity index (χ0) is 25.1. The Kier molecular flexibility index (Phi) is 7.25. The first-order valence-corrected chi connectivity index (χ1v) is 11.7. The van der Waals surface area contributed by atoms with Crippen LogP contribution in [0, 0.1) is 0 Å². The Morgan fingerprint density at radius 2 is 1.97 bits per heavy atom. The van der Waals surface area contributed by atoms with Crippen LogP contribution in [0.3, 0.4) is 0 Å². The van der Waals surface area contributed by atoms with Gasteiger partial charge < -0.3 is 24.4 Å². The van der Waals surface area contributed by atoms with E-state index in [9.17, 15) is 19.5 Å². The second-order valence-electron chi connectivity index (χ2n) is 8.26. The molecule has 2 aliphatic rings. The van der Waals surface area contributed by atoms with Crippen LogP contribution in [0.25, 0.3) is 5.76 Å². The van der Waals surface area contributed by atoms with Gasteiger partial charge in [-0.15, -0.1) is 0 Å². The number of carbonyl (C=O) groups is 3. The summed E-state index contributed by atoms with van der Waals surface area (Å²) in [6, 6.07) is 6.98. The van der Waals surface area contributed by atoms with E-state index in [-0.39, 0.29) is 34.6 Å². The quantitative estimate of drug-likeness (QED) is 0.378. The summed E-state index contributed by atoms with van der Waals surface area (Å²) in [6.07, 6.45) is 3.68. The first-order valence-electron chi connectivity index (χ1n) is 11.3. The minimum atomic E-state index is -0.856. The largest absolute Gasteiger partial charge is 0.507 e. The van der Waals surface area contributed by atoms with Crippen LogP contribution in [0.1, 0.15) is 36.9 Å². The molecule has 2 fully saturated rings. The number of amides is 2. The fourth-order valence-electron chi connectivity index (χ4n) is 4.59. The Hall–Kier alpha value is -3.59. The van der Waals surface area contributed by atoms with Crippen molar-refractivity contribution in [3.8, 4) is 5.75 Å². The lowest BCUT2D eigenvalue weighted by Crippen LogP contribution is -2.48. The average Bonchev–Trinajstić information content (AvgIpc) is 3.15. The number of aliphatic hydroxyl groups excluding tert-OH is 1. The van der Waals surface area contributed by atoms with E-state index in [1.54, 1.807) is 48.5 Å². The monoisotopic (exact) mass is 499 g/mol. The summed E-state index contributed by atoms with van der Waals surface area (Å²) in [5.74, 6) is -1.46. The molecule has 1 aromatic heterocycles.